The Balaban J connectivity index is 1.42. The zero-order valence-electron chi connectivity index (χ0n) is 21.0. The molecule has 1 aromatic heterocycles. The molecule has 0 radical (unpaired) electrons. The number of rotatable bonds is 7. The molecule has 0 unspecified atom stereocenters. The van der Waals surface area contributed by atoms with Crippen molar-refractivity contribution in [3.63, 3.8) is 0 Å². The normalized spacial score (nSPS) is 11.4. The number of benzene rings is 4. The summed E-state index contributed by atoms with van der Waals surface area (Å²) in [5.74, 6) is -1.16. The van der Waals surface area contributed by atoms with E-state index in [0.717, 1.165) is 23.2 Å². The lowest BCUT2D eigenvalue weighted by Gasteiger charge is -2.12. The minimum atomic E-state index is -4.48. The number of alkyl halides is 3. The Hall–Kier alpha value is -4.92. The van der Waals surface area contributed by atoms with Crippen molar-refractivity contribution < 1.29 is 27.2 Å². The van der Waals surface area contributed by atoms with Crippen molar-refractivity contribution in [2.75, 3.05) is 10.6 Å². The minimum absolute atomic E-state index is 0.0636. The van der Waals surface area contributed by atoms with Gasteiger partial charge in [-0.3, -0.25) is 9.59 Å². The molecule has 5 aromatic rings. The van der Waals surface area contributed by atoms with Crippen LogP contribution in [0.4, 0.5) is 28.9 Å². The van der Waals surface area contributed by atoms with Gasteiger partial charge in [0.1, 0.15) is 11.5 Å². The highest BCUT2D eigenvalue weighted by Crippen LogP contribution is 2.30. The van der Waals surface area contributed by atoms with Gasteiger partial charge in [-0.05, 0) is 71.8 Å². The summed E-state index contributed by atoms with van der Waals surface area (Å²) < 4.78 is 53.8. The smallest absolute Gasteiger partial charge is 0.332 e. The quantitative estimate of drug-likeness (QED) is 0.211. The first kappa shape index (κ1) is 26.7. The monoisotopic (exact) mass is 545 g/mol. The summed E-state index contributed by atoms with van der Waals surface area (Å²) in [6.07, 6.45) is -4.41. The molecule has 0 atom stereocenters. The van der Waals surface area contributed by atoms with Gasteiger partial charge in [0.2, 0.25) is 5.91 Å². The Kier molecular flexibility index (Phi) is 7.37. The number of hydrogen-bond acceptors (Lipinski definition) is 2. The second-order valence-electron chi connectivity index (χ2n) is 9.26. The fourth-order valence-corrected chi connectivity index (χ4v) is 4.40. The summed E-state index contributed by atoms with van der Waals surface area (Å²) in [7, 11) is 0. The lowest BCUT2D eigenvalue weighted by Crippen LogP contribution is -2.17. The van der Waals surface area contributed by atoms with Crippen molar-refractivity contribution >= 4 is 34.1 Å². The molecule has 0 fully saturated rings. The zero-order valence-corrected chi connectivity index (χ0v) is 21.0. The second-order valence-corrected chi connectivity index (χ2v) is 9.26. The van der Waals surface area contributed by atoms with E-state index in [1.54, 1.807) is 36.4 Å². The van der Waals surface area contributed by atoms with Gasteiger partial charge >= 0.3 is 6.18 Å². The number of aromatic nitrogens is 1. The number of carbonyl (C=O) groups excluding carboxylic acids is 2. The fourth-order valence-electron chi connectivity index (χ4n) is 4.40. The van der Waals surface area contributed by atoms with Crippen molar-refractivity contribution in [1.29, 1.82) is 0 Å². The molecule has 0 bridgehead atoms. The average Bonchev–Trinajstić information content (AvgIpc) is 3.28. The molecule has 0 saturated heterocycles. The predicted octanol–water partition coefficient (Wildman–Crippen LogP) is 7.28. The standard InChI is InChI=1S/C31H23F4N3O2/c32-24-10-6-20(7-11-24)16-29(39)36-26-14-15-27-22(17-26)18-28(38(27)19-21-4-2-1-3-5-21)30(40)37-25-12-8-23(9-13-25)31(33,34)35/h1-15,17-18H,16,19H2,(H,36,39)(H,37,40). The van der Waals surface area contributed by atoms with Crippen LogP contribution in [-0.2, 0) is 23.9 Å². The number of amides is 2. The molecule has 0 aliphatic rings. The zero-order chi connectivity index (χ0) is 28.3. The molecule has 4 aromatic carbocycles. The number of hydrogen-bond donors (Lipinski definition) is 2. The molecule has 202 valence electrons. The third-order valence-electron chi connectivity index (χ3n) is 6.35. The maximum Gasteiger partial charge on any atom is 0.416 e. The van der Waals surface area contributed by atoms with Crippen LogP contribution in [0, 0.1) is 5.82 Å². The van der Waals surface area contributed by atoms with E-state index in [-0.39, 0.29) is 23.8 Å². The van der Waals surface area contributed by atoms with Gasteiger partial charge in [-0.1, -0.05) is 42.5 Å². The highest BCUT2D eigenvalue weighted by atomic mass is 19.4. The van der Waals surface area contributed by atoms with E-state index in [9.17, 15) is 27.2 Å². The highest BCUT2D eigenvalue weighted by molar-refractivity contribution is 6.07. The van der Waals surface area contributed by atoms with Crippen molar-refractivity contribution in [2.45, 2.75) is 19.1 Å². The Morgan fingerprint density at radius 3 is 2.08 bits per heavy atom. The third-order valence-corrected chi connectivity index (χ3v) is 6.35. The summed E-state index contributed by atoms with van der Waals surface area (Å²) in [6.45, 7) is 0.371. The van der Waals surface area contributed by atoms with Crippen LogP contribution in [0.3, 0.4) is 0 Å². The number of halogens is 4. The van der Waals surface area contributed by atoms with Gasteiger partial charge in [0, 0.05) is 28.8 Å². The lowest BCUT2D eigenvalue weighted by molar-refractivity contribution is -0.137. The number of anilines is 2. The van der Waals surface area contributed by atoms with Crippen LogP contribution in [0.5, 0.6) is 0 Å². The second kappa shape index (κ2) is 11.1. The Bertz CT molecular complexity index is 1660. The summed E-state index contributed by atoms with van der Waals surface area (Å²) in [5, 5.41) is 6.19. The fraction of sp³-hybridized carbons (Fsp3) is 0.0968. The van der Waals surface area contributed by atoms with Gasteiger partial charge in [-0.2, -0.15) is 13.2 Å². The predicted molar refractivity (Wildman–Crippen MR) is 146 cm³/mol. The van der Waals surface area contributed by atoms with Crippen molar-refractivity contribution in [2.24, 2.45) is 0 Å². The van der Waals surface area contributed by atoms with Crippen LogP contribution >= 0.6 is 0 Å². The van der Waals surface area contributed by atoms with Crippen LogP contribution in [0.25, 0.3) is 10.9 Å². The molecular weight excluding hydrogens is 522 g/mol. The first-order valence-electron chi connectivity index (χ1n) is 12.4. The molecule has 5 rings (SSSR count). The maximum absolute atomic E-state index is 13.3. The highest BCUT2D eigenvalue weighted by Gasteiger charge is 2.30. The summed E-state index contributed by atoms with van der Waals surface area (Å²) >= 11 is 0. The molecule has 2 amide bonds. The number of carbonyl (C=O) groups is 2. The summed E-state index contributed by atoms with van der Waals surface area (Å²) in [4.78, 5) is 25.9. The van der Waals surface area contributed by atoms with Gasteiger partial charge in [-0.25, -0.2) is 4.39 Å². The van der Waals surface area contributed by atoms with Gasteiger partial charge in [-0.15, -0.1) is 0 Å². The summed E-state index contributed by atoms with van der Waals surface area (Å²) in [6, 6.07) is 26.4. The molecule has 9 heteroatoms. The molecule has 0 aliphatic carbocycles. The molecule has 1 heterocycles. The van der Waals surface area contributed by atoms with Crippen molar-refractivity contribution in [3.8, 4) is 0 Å². The number of fused-ring (bicyclic) bond motifs is 1. The molecule has 0 saturated carbocycles. The minimum Gasteiger partial charge on any atom is -0.332 e. The SMILES string of the molecule is O=C(Cc1ccc(F)cc1)Nc1ccc2c(c1)cc(C(=O)Nc1ccc(C(F)(F)F)cc1)n2Cc1ccccc1. The lowest BCUT2D eigenvalue weighted by atomic mass is 10.1. The van der Waals surface area contributed by atoms with E-state index in [4.69, 9.17) is 0 Å². The van der Waals surface area contributed by atoms with E-state index in [2.05, 4.69) is 10.6 Å². The molecular formula is C31H23F4N3O2. The van der Waals surface area contributed by atoms with Gasteiger partial charge in [0.25, 0.3) is 5.91 Å². The van der Waals surface area contributed by atoms with E-state index >= 15 is 0 Å². The molecule has 0 spiro atoms. The third kappa shape index (κ3) is 6.20. The van der Waals surface area contributed by atoms with E-state index in [0.29, 0.717) is 28.9 Å². The van der Waals surface area contributed by atoms with Crippen LogP contribution < -0.4 is 10.6 Å². The maximum atomic E-state index is 13.3. The first-order chi connectivity index (χ1) is 19.2. The van der Waals surface area contributed by atoms with E-state index in [1.165, 1.54) is 24.3 Å². The Morgan fingerprint density at radius 1 is 0.725 bits per heavy atom. The van der Waals surface area contributed by atoms with Crippen molar-refractivity contribution in [1.82, 2.24) is 4.57 Å². The van der Waals surface area contributed by atoms with Gasteiger partial charge in [0.05, 0.1) is 12.0 Å². The van der Waals surface area contributed by atoms with Gasteiger partial charge < -0.3 is 15.2 Å². The van der Waals surface area contributed by atoms with Crippen LogP contribution in [-0.4, -0.2) is 16.4 Å². The van der Waals surface area contributed by atoms with E-state index < -0.39 is 17.6 Å². The average molecular weight is 546 g/mol. The molecule has 5 nitrogen and oxygen atoms in total. The molecule has 2 N–H and O–H groups in total. The van der Waals surface area contributed by atoms with Crippen LogP contribution in [0.1, 0.15) is 27.2 Å². The number of nitrogens with one attached hydrogen (secondary N) is 2. The van der Waals surface area contributed by atoms with Gasteiger partial charge in [0.15, 0.2) is 0 Å². The van der Waals surface area contributed by atoms with Crippen LogP contribution in [0.2, 0.25) is 0 Å². The largest absolute Gasteiger partial charge is 0.416 e. The van der Waals surface area contributed by atoms with Crippen molar-refractivity contribution in [3.05, 3.63) is 131 Å². The molecule has 40 heavy (non-hydrogen) atoms. The summed E-state index contributed by atoms with van der Waals surface area (Å²) in [5.41, 5.74) is 2.58. The van der Waals surface area contributed by atoms with Crippen LogP contribution in [0.15, 0.2) is 103 Å². The Labute approximate surface area is 227 Å². The van der Waals surface area contributed by atoms with E-state index in [1.807, 2.05) is 34.9 Å². The topological polar surface area (TPSA) is 63.1 Å². The first-order valence-corrected chi connectivity index (χ1v) is 12.4. The Morgan fingerprint density at radius 2 is 1.40 bits per heavy atom. The molecule has 0 aliphatic heterocycles. The number of nitrogens with zero attached hydrogens (tertiary/aromatic N) is 1.